The number of hydrogen-bond donors (Lipinski definition) is 1. The molecule has 1 aliphatic rings. The molecule has 1 N–H and O–H groups in total. The summed E-state index contributed by atoms with van der Waals surface area (Å²) < 4.78 is 40.9. The van der Waals surface area contributed by atoms with Gasteiger partial charge in [-0.3, -0.25) is 4.79 Å². The molecule has 4 nitrogen and oxygen atoms in total. The lowest BCUT2D eigenvalue weighted by atomic mass is 9.89. The third kappa shape index (κ3) is 5.35. The lowest BCUT2D eigenvalue weighted by Gasteiger charge is -2.23. The Morgan fingerprint density at radius 3 is 2.41 bits per heavy atom. The van der Waals surface area contributed by atoms with Gasteiger partial charge in [-0.15, -0.1) is 0 Å². The van der Waals surface area contributed by atoms with Gasteiger partial charge < -0.3 is 14.8 Å². The van der Waals surface area contributed by atoms with Crippen LogP contribution in [0.4, 0.5) is 8.78 Å². The van der Waals surface area contributed by atoms with E-state index in [-0.39, 0.29) is 22.5 Å². The average Bonchev–Trinajstić information content (AvgIpc) is 2.93. The highest BCUT2D eigenvalue weighted by molar-refractivity contribution is 6.20. The van der Waals surface area contributed by atoms with Gasteiger partial charge in [0.1, 0.15) is 23.1 Å². The van der Waals surface area contributed by atoms with Gasteiger partial charge in [0, 0.05) is 17.2 Å². The van der Waals surface area contributed by atoms with Crippen molar-refractivity contribution in [2.75, 3.05) is 20.3 Å². The number of ether oxygens (including phenoxy) is 2. The van der Waals surface area contributed by atoms with Crippen LogP contribution in [-0.4, -0.2) is 32.1 Å². The molecule has 0 aliphatic carbocycles. The molecule has 5 rings (SSSR count). The molecule has 4 aromatic rings. The molecule has 6 heteroatoms. The van der Waals surface area contributed by atoms with Gasteiger partial charge in [0.15, 0.2) is 5.78 Å². The van der Waals surface area contributed by atoms with Gasteiger partial charge in [-0.05, 0) is 96.7 Å². The Bertz CT molecular complexity index is 1390. The van der Waals surface area contributed by atoms with Crippen LogP contribution in [0, 0.1) is 11.6 Å². The summed E-state index contributed by atoms with van der Waals surface area (Å²) in [6, 6.07) is 19.7. The van der Waals surface area contributed by atoms with Gasteiger partial charge >= 0.3 is 0 Å². The summed E-state index contributed by atoms with van der Waals surface area (Å²) in [5.41, 5.74) is 0.627. The van der Waals surface area contributed by atoms with E-state index in [4.69, 9.17) is 9.47 Å². The number of nitrogens with one attached hydrogen (secondary N) is 1. The first kappa shape index (κ1) is 24.9. The fourth-order valence-corrected chi connectivity index (χ4v) is 4.98. The summed E-state index contributed by atoms with van der Waals surface area (Å²) in [6.07, 6.45) is 4.56. The summed E-state index contributed by atoms with van der Waals surface area (Å²) in [4.78, 5) is 13.8. The van der Waals surface area contributed by atoms with E-state index >= 15 is 0 Å². The Morgan fingerprint density at radius 2 is 1.70 bits per heavy atom. The first-order chi connectivity index (χ1) is 18.0. The zero-order valence-electron chi connectivity index (χ0n) is 20.7. The maximum Gasteiger partial charge on any atom is 0.194 e. The zero-order chi connectivity index (χ0) is 25.8. The summed E-state index contributed by atoms with van der Waals surface area (Å²) >= 11 is 0. The van der Waals surface area contributed by atoms with E-state index in [1.807, 2.05) is 0 Å². The van der Waals surface area contributed by atoms with Crippen molar-refractivity contribution in [3.8, 4) is 22.6 Å². The van der Waals surface area contributed by atoms with Crippen molar-refractivity contribution in [2.24, 2.45) is 0 Å². The van der Waals surface area contributed by atoms with Crippen LogP contribution in [0.3, 0.4) is 0 Å². The van der Waals surface area contributed by atoms with E-state index in [0.29, 0.717) is 35.1 Å². The Balaban J connectivity index is 1.47. The fourth-order valence-electron chi connectivity index (χ4n) is 4.98. The quantitative estimate of drug-likeness (QED) is 0.266. The highest BCUT2D eigenvalue weighted by atomic mass is 19.1. The first-order valence-corrected chi connectivity index (χ1v) is 12.6. The van der Waals surface area contributed by atoms with E-state index in [2.05, 4.69) is 5.32 Å². The van der Waals surface area contributed by atoms with Crippen molar-refractivity contribution >= 4 is 16.6 Å². The van der Waals surface area contributed by atoms with Gasteiger partial charge in [0.2, 0.25) is 0 Å². The highest BCUT2D eigenvalue weighted by Crippen LogP contribution is 2.36. The van der Waals surface area contributed by atoms with Gasteiger partial charge in [-0.2, -0.15) is 0 Å². The van der Waals surface area contributed by atoms with Gasteiger partial charge in [0.05, 0.1) is 19.3 Å². The number of carbonyl (C=O) groups is 1. The molecule has 1 atom stereocenters. The molecule has 37 heavy (non-hydrogen) atoms. The van der Waals surface area contributed by atoms with Crippen LogP contribution in [0.25, 0.3) is 21.9 Å². The SMILES string of the molecule is COc1ccc2c(C(=O)c3ccc(OCCC4CCCCN4)cc3)c(-c3c(F)cccc3F)ccc2c1. The van der Waals surface area contributed by atoms with E-state index in [1.54, 1.807) is 61.7 Å². The van der Waals surface area contributed by atoms with Crippen LogP contribution in [0.2, 0.25) is 0 Å². The van der Waals surface area contributed by atoms with Crippen LogP contribution in [0.5, 0.6) is 11.5 Å². The number of halogens is 2. The van der Waals surface area contributed by atoms with Gasteiger partial charge in [-0.25, -0.2) is 8.78 Å². The van der Waals surface area contributed by atoms with Crippen LogP contribution < -0.4 is 14.8 Å². The molecule has 0 saturated carbocycles. The predicted octanol–water partition coefficient (Wildman–Crippen LogP) is 6.94. The minimum absolute atomic E-state index is 0.207. The Kier molecular flexibility index (Phi) is 7.47. The summed E-state index contributed by atoms with van der Waals surface area (Å²) in [6.45, 7) is 1.65. The normalized spacial score (nSPS) is 15.5. The van der Waals surface area contributed by atoms with Crippen molar-refractivity contribution in [1.82, 2.24) is 5.32 Å². The van der Waals surface area contributed by atoms with Crippen LogP contribution in [0.15, 0.2) is 72.8 Å². The minimum Gasteiger partial charge on any atom is -0.497 e. The van der Waals surface area contributed by atoms with Crippen LogP contribution in [-0.2, 0) is 0 Å². The fraction of sp³-hybridized carbons (Fsp3) is 0.258. The molecule has 0 radical (unpaired) electrons. The Labute approximate surface area is 215 Å². The second kappa shape index (κ2) is 11.1. The lowest BCUT2D eigenvalue weighted by Crippen LogP contribution is -2.35. The number of benzene rings is 4. The first-order valence-electron chi connectivity index (χ1n) is 12.6. The van der Waals surface area contributed by atoms with Crippen molar-refractivity contribution < 1.29 is 23.0 Å². The maximum atomic E-state index is 14.8. The smallest absolute Gasteiger partial charge is 0.194 e. The van der Waals surface area contributed by atoms with E-state index in [9.17, 15) is 13.6 Å². The summed E-state index contributed by atoms with van der Waals surface area (Å²) in [7, 11) is 1.56. The largest absolute Gasteiger partial charge is 0.497 e. The number of ketones is 1. The molecular formula is C31H29F2NO3. The van der Waals surface area contributed by atoms with E-state index < -0.39 is 11.6 Å². The maximum absolute atomic E-state index is 14.8. The Morgan fingerprint density at radius 1 is 0.946 bits per heavy atom. The molecule has 1 unspecified atom stereocenters. The summed E-state index contributed by atoms with van der Waals surface area (Å²) in [5.74, 6) is -0.473. The van der Waals surface area contributed by atoms with Crippen molar-refractivity contribution in [3.05, 3.63) is 95.6 Å². The predicted molar refractivity (Wildman–Crippen MR) is 141 cm³/mol. The third-order valence-electron chi connectivity index (χ3n) is 6.95. The van der Waals surface area contributed by atoms with E-state index in [1.165, 1.54) is 37.5 Å². The van der Waals surface area contributed by atoms with Gasteiger partial charge in [-0.1, -0.05) is 24.6 Å². The average molecular weight is 502 g/mol. The number of hydrogen-bond acceptors (Lipinski definition) is 4. The molecule has 1 aliphatic heterocycles. The van der Waals surface area contributed by atoms with Crippen LogP contribution in [0.1, 0.15) is 41.6 Å². The number of carbonyl (C=O) groups excluding carboxylic acids is 1. The number of piperidine rings is 1. The van der Waals surface area contributed by atoms with Crippen molar-refractivity contribution in [3.63, 3.8) is 0 Å². The third-order valence-corrected chi connectivity index (χ3v) is 6.95. The number of methoxy groups -OCH3 is 1. The molecule has 1 heterocycles. The highest BCUT2D eigenvalue weighted by Gasteiger charge is 2.23. The zero-order valence-corrected chi connectivity index (χ0v) is 20.7. The molecule has 0 aromatic heterocycles. The molecule has 1 fully saturated rings. The standard InChI is InChI=1S/C31H29F2NO3/c1-36-24-13-15-25-21(19-24)10-14-26(30-27(32)6-4-7-28(30)33)29(25)31(35)20-8-11-23(12-9-20)37-18-16-22-5-2-3-17-34-22/h4,6-15,19,22,34H,2-3,5,16-18H2,1H3. The lowest BCUT2D eigenvalue weighted by molar-refractivity contribution is 0.104. The Hall–Kier alpha value is -3.77. The van der Waals surface area contributed by atoms with Crippen LogP contribution >= 0.6 is 0 Å². The monoisotopic (exact) mass is 501 g/mol. The molecular weight excluding hydrogens is 472 g/mol. The van der Waals surface area contributed by atoms with Crippen molar-refractivity contribution in [2.45, 2.75) is 31.7 Å². The van der Waals surface area contributed by atoms with E-state index in [0.717, 1.165) is 18.4 Å². The molecule has 190 valence electrons. The summed E-state index contributed by atoms with van der Waals surface area (Å²) in [5, 5.41) is 4.83. The van der Waals surface area contributed by atoms with Gasteiger partial charge in [0.25, 0.3) is 0 Å². The second-order valence-electron chi connectivity index (χ2n) is 9.31. The number of rotatable bonds is 8. The van der Waals surface area contributed by atoms with Crippen molar-refractivity contribution in [1.29, 1.82) is 0 Å². The molecule has 0 bridgehead atoms. The molecule has 0 amide bonds. The minimum atomic E-state index is -0.724. The molecule has 1 saturated heterocycles. The number of fused-ring (bicyclic) bond motifs is 1. The second-order valence-corrected chi connectivity index (χ2v) is 9.31. The topological polar surface area (TPSA) is 47.6 Å². The molecule has 4 aromatic carbocycles. The molecule has 0 spiro atoms.